The fourth-order valence-electron chi connectivity index (χ4n) is 3.02. The van der Waals surface area contributed by atoms with Crippen molar-refractivity contribution in [3.05, 3.63) is 59.7 Å². The zero-order valence-electron chi connectivity index (χ0n) is 18.5. The summed E-state index contributed by atoms with van der Waals surface area (Å²) < 4.78 is 10.5. The van der Waals surface area contributed by atoms with Crippen molar-refractivity contribution in [2.45, 2.75) is 39.8 Å². The van der Waals surface area contributed by atoms with Gasteiger partial charge in [-0.2, -0.15) is 0 Å². The predicted octanol–water partition coefficient (Wildman–Crippen LogP) is 3.44. The number of hydrogen-bond donors (Lipinski definition) is 1. The van der Waals surface area contributed by atoms with E-state index in [1.54, 1.807) is 26.0 Å². The van der Waals surface area contributed by atoms with Crippen LogP contribution in [0.3, 0.4) is 0 Å². The smallest absolute Gasteiger partial charge is 0.242 e. The van der Waals surface area contributed by atoms with E-state index in [-0.39, 0.29) is 18.2 Å². The third kappa shape index (κ3) is 6.79. The normalized spacial score (nSPS) is 11.7. The van der Waals surface area contributed by atoms with E-state index in [4.69, 9.17) is 9.47 Å². The van der Waals surface area contributed by atoms with Crippen molar-refractivity contribution in [3.8, 4) is 11.5 Å². The van der Waals surface area contributed by atoms with Gasteiger partial charge in [0.15, 0.2) is 0 Å². The van der Waals surface area contributed by atoms with E-state index in [2.05, 4.69) is 5.32 Å². The van der Waals surface area contributed by atoms with Crippen molar-refractivity contribution in [1.82, 2.24) is 10.2 Å². The first kappa shape index (κ1) is 23.3. The molecule has 2 aromatic carbocycles. The number of nitrogens with zero attached hydrogens (tertiary/aromatic N) is 1. The number of nitrogens with one attached hydrogen (secondary N) is 1. The second-order valence-electron chi connectivity index (χ2n) is 7.71. The molecule has 0 saturated heterocycles. The molecule has 2 rings (SSSR count). The molecule has 6 nitrogen and oxygen atoms in total. The van der Waals surface area contributed by atoms with Gasteiger partial charge < -0.3 is 19.7 Å². The summed E-state index contributed by atoms with van der Waals surface area (Å²) in [5.41, 5.74) is 1.77. The van der Waals surface area contributed by atoms with Crippen molar-refractivity contribution in [2.24, 2.45) is 5.92 Å². The molecule has 0 spiro atoms. The van der Waals surface area contributed by atoms with Gasteiger partial charge in [-0.3, -0.25) is 9.59 Å². The number of rotatable bonds is 10. The molecular formula is C24H32N2O4. The van der Waals surface area contributed by atoms with Gasteiger partial charge in [-0.05, 0) is 48.2 Å². The van der Waals surface area contributed by atoms with Gasteiger partial charge in [-0.15, -0.1) is 0 Å². The van der Waals surface area contributed by atoms with Gasteiger partial charge in [0.05, 0.1) is 20.6 Å². The van der Waals surface area contributed by atoms with E-state index in [0.717, 1.165) is 16.9 Å². The summed E-state index contributed by atoms with van der Waals surface area (Å²) in [6, 6.07) is 14.3. The molecular weight excluding hydrogens is 380 g/mol. The average molecular weight is 413 g/mol. The lowest BCUT2D eigenvalue weighted by Gasteiger charge is -2.29. The van der Waals surface area contributed by atoms with Crippen LogP contribution >= 0.6 is 0 Å². The number of carbonyl (C=O) groups is 2. The Morgan fingerprint density at radius 3 is 2.20 bits per heavy atom. The molecule has 2 amide bonds. The molecule has 0 radical (unpaired) electrons. The lowest BCUT2D eigenvalue weighted by atomic mass is 10.1. The second kappa shape index (κ2) is 11.2. The Bertz CT molecular complexity index is 833. The van der Waals surface area contributed by atoms with E-state index in [1.807, 2.05) is 62.4 Å². The summed E-state index contributed by atoms with van der Waals surface area (Å²) in [5.74, 6) is 1.51. The van der Waals surface area contributed by atoms with Gasteiger partial charge in [0.2, 0.25) is 11.8 Å². The molecule has 0 bridgehead atoms. The standard InChI is InChI=1S/C24H32N2O4/c1-17(2)15-25-24(28)18(3)26(16-20-7-6-8-22(13-20)30-5)23(27)14-19-9-11-21(29-4)12-10-19/h6-13,17-18H,14-16H2,1-5H3,(H,25,28). The molecule has 30 heavy (non-hydrogen) atoms. The van der Waals surface area contributed by atoms with Gasteiger partial charge in [0.25, 0.3) is 0 Å². The lowest BCUT2D eigenvalue weighted by molar-refractivity contribution is -0.140. The quantitative estimate of drug-likeness (QED) is 0.649. The van der Waals surface area contributed by atoms with Crippen molar-refractivity contribution in [2.75, 3.05) is 20.8 Å². The number of benzene rings is 2. The topological polar surface area (TPSA) is 67.9 Å². The SMILES string of the molecule is COc1ccc(CC(=O)N(Cc2cccc(OC)c2)C(C)C(=O)NCC(C)C)cc1. The first-order valence-electron chi connectivity index (χ1n) is 10.2. The molecule has 0 fully saturated rings. The highest BCUT2D eigenvalue weighted by Gasteiger charge is 2.26. The molecule has 162 valence electrons. The van der Waals surface area contributed by atoms with Crippen LogP contribution in [0, 0.1) is 5.92 Å². The maximum absolute atomic E-state index is 13.2. The monoisotopic (exact) mass is 412 g/mol. The van der Waals surface area contributed by atoms with E-state index in [0.29, 0.717) is 24.8 Å². The summed E-state index contributed by atoms with van der Waals surface area (Å²) in [6.45, 7) is 6.73. The van der Waals surface area contributed by atoms with Gasteiger partial charge in [-0.1, -0.05) is 38.1 Å². The summed E-state index contributed by atoms with van der Waals surface area (Å²) in [7, 11) is 3.21. The maximum Gasteiger partial charge on any atom is 0.242 e. The molecule has 0 aliphatic rings. The molecule has 0 heterocycles. The van der Waals surface area contributed by atoms with Crippen LogP contribution in [0.4, 0.5) is 0 Å². The van der Waals surface area contributed by atoms with Crippen LogP contribution < -0.4 is 14.8 Å². The number of amides is 2. The molecule has 1 N–H and O–H groups in total. The van der Waals surface area contributed by atoms with Gasteiger partial charge in [0.1, 0.15) is 17.5 Å². The van der Waals surface area contributed by atoms with E-state index >= 15 is 0 Å². The van der Waals surface area contributed by atoms with Crippen LogP contribution in [-0.4, -0.2) is 43.5 Å². The van der Waals surface area contributed by atoms with Crippen molar-refractivity contribution < 1.29 is 19.1 Å². The summed E-state index contributed by atoms with van der Waals surface area (Å²) >= 11 is 0. The Kier molecular flexibility index (Phi) is 8.71. The van der Waals surface area contributed by atoms with Crippen LogP contribution in [0.1, 0.15) is 31.9 Å². The summed E-state index contributed by atoms with van der Waals surface area (Å²) in [5, 5.41) is 2.93. The number of hydrogen-bond acceptors (Lipinski definition) is 4. The fourth-order valence-corrected chi connectivity index (χ4v) is 3.02. The number of methoxy groups -OCH3 is 2. The van der Waals surface area contributed by atoms with Crippen molar-refractivity contribution >= 4 is 11.8 Å². The van der Waals surface area contributed by atoms with Gasteiger partial charge in [-0.25, -0.2) is 0 Å². The third-order valence-electron chi connectivity index (χ3n) is 4.85. The molecule has 2 aromatic rings. The Morgan fingerprint density at radius 1 is 0.933 bits per heavy atom. The first-order valence-corrected chi connectivity index (χ1v) is 10.2. The maximum atomic E-state index is 13.2. The first-order chi connectivity index (χ1) is 14.3. The Hall–Kier alpha value is -3.02. The fraction of sp³-hybridized carbons (Fsp3) is 0.417. The van der Waals surface area contributed by atoms with Crippen molar-refractivity contribution in [1.29, 1.82) is 0 Å². The van der Waals surface area contributed by atoms with Crippen LogP contribution in [-0.2, 0) is 22.6 Å². The summed E-state index contributed by atoms with van der Waals surface area (Å²) in [6.07, 6.45) is 0.204. The number of carbonyl (C=O) groups excluding carboxylic acids is 2. The average Bonchev–Trinajstić information content (AvgIpc) is 2.75. The van der Waals surface area contributed by atoms with Crippen LogP contribution in [0.2, 0.25) is 0 Å². The third-order valence-corrected chi connectivity index (χ3v) is 4.85. The highest BCUT2D eigenvalue weighted by Crippen LogP contribution is 2.18. The second-order valence-corrected chi connectivity index (χ2v) is 7.71. The molecule has 0 aliphatic carbocycles. The minimum absolute atomic E-state index is 0.116. The zero-order valence-corrected chi connectivity index (χ0v) is 18.5. The van der Waals surface area contributed by atoms with Crippen LogP contribution in [0.15, 0.2) is 48.5 Å². The van der Waals surface area contributed by atoms with E-state index < -0.39 is 6.04 Å². The molecule has 1 atom stereocenters. The number of ether oxygens (including phenoxy) is 2. The van der Waals surface area contributed by atoms with Crippen LogP contribution in [0.25, 0.3) is 0 Å². The minimum Gasteiger partial charge on any atom is -0.497 e. The Labute approximate surface area is 179 Å². The lowest BCUT2D eigenvalue weighted by Crippen LogP contribution is -2.48. The molecule has 0 aliphatic heterocycles. The predicted molar refractivity (Wildman–Crippen MR) is 118 cm³/mol. The largest absolute Gasteiger partial charge is 0.497 e. The highest BCUT2D eigenvalue weighted by molar-refractivity contribution is 5.88. The Balaban J connectivity index is 2.21. The Morgan fingerprint density at radius 2 is 1.60 bits per heavy atom. The molecule has 6 heteroatoms. The van der Waals surface area contributed by atoms with E-state index in [9.17, 15) is 9.59 Å². The summed E-state index contributed by atoms with van der Waals surface area (Å²) in [4.78, 5) is 27.5. The highest BCUT2D eigenvalue weighted by atomic mass is 16.5. The van der Waals surface area contributed by atoms with Crippen LogP contribution in [0.5, 0.6) is 11.5 Å². The zero-order chi connectivity index (χ0) is 22.1. The van der Waals surface area contributed by atoms with Gasteiger partial charge >= 0.3 is 0 Å². The molecule has 0 aromatic heterocycles. The molecule has 1 unspecified atom stereocenters. The minimum atomic E-state index is -0.597. The van der Waals surface area contributed by atoms with E-state index in [1.165, 1.54) is 0 Å². The molecule has 0 saturated carbocycles. The van der Waals surface area contributed by atoms with Crippen molar-refractivity contribution in [3.63, 3.8) is 0 Å². The van der Waals surface area contributed by atoms with Gasteiger partial charge in [0, 0.05) is 13.1 Å².